The van der Waals surface area contributed by atoms with Crippen LogP contribution < -0.4 is 10.9 Å². The van der Waals surface area contributed by atoms with E-state index in [4.69, 9.17) is 0 Å². The Balaban J connectivity index is 2.13. The number of halogens is 3. The highest BCUT2D eigenvalue weighted by Crippen LogP contribution is 2.26. The number of pyridine rings is 1. The van der Waals surface area contributed by atoms with Gasteiger partial charge in [-0.25, -0.2) is 0 Å². The topological polar surface area (TPSA) is 79.8 Å². The molecule has 0 radical (unpaired) electrons. The standard InChI is InChI=1S/C12H11F3N4O2/c1-19-7(4-5-17-19)6-16-10(20)8-2-3-9(12(13,14)15)18-11(8)21/h2-5H,6H2,1H3,(H,16,20)(H,18,21). The van der Waals surface area contributed by atoms with Crippen LogP contribution in [0.1, 0.15) is 21.7 Å². The average Bonchev–Trinajstić information content (AvgIpc) is 2.80. The van der Waals surface area contributed by atoms with Crippen LogP contribution in [0.15, 0.2) is 29.2 Å². The fraction of sp³-hybridized carbons (Fsp3) is 0.250. The van der Waals surface area contributed by atoms with Crippen molar-refractivity contribution < 1.29 is 18.0 Å². The zero-order chi connectivity index (χ0) is 15.6. The molecule has 0 bridgehead atoms. The van der Waals surface area contributed by atoms with E-state index in [2.05, 4.69) is 10.4 Å². The monoisotopic (exact) mass is 300 g/mol. The maximum atomic E-state index is 12.4. The highest BCUT2D eigenvalue weighted by atomic mass is 19.4. The predicted octanol–water partition coefficient (Wildman–Crippen LogP) is 1.06. The van der Waals surface area contributed by atoms with Gasteiger partial charge in [0.1, 0.15) is 11.3 Å². The Morgan fingerprint density at radius 3 is 2.62 bits per heavy atom. The van der Waals surface area contributed by atoms with Crippen LogP contribution in [0.25, 0.3) is 0 Å². The Morgan fingerprint density at radius 2 is 2.10 bits per heavy atom. The molecule has 2 heterocycles. The second kappa shape index (κ2) is 5.43. The molecule has 2 N–H and O–H groups in total. The van der Waals surface area contributed by atoms with Gasteiger partial charge in [-0.1, -0.05) is 0 Å². The summed E-state index contributed by atoms with van der Waals surface area (Å²) in [6.07, 6.45) is -3.13. The van der Waals surface area contributed by atoms with E-state index in [9.17, 15) is 22.8 Å². The van der Waals surface area contributed by atoms with Crippen LogP contribution in [0.2, 0.25) is 0 Å². The summed E-state index contributed by atoms with van der Waals surface area (Å²) in [5.74, 6) is -0.758. The van der Waals surface area contributed by atoms with Crippen LogP contribution in [0.5, 0.6) is 0 Å². The fourth-order valence-corrected chi connectivity index (χ4v) is 1.66. The highest BCUT2D eigenvalue weighted by Gasteiger charge is 2.32. The number of aromatic amines is 1. The van der Waals surface area contributed by atoms with Gasteiger partial charge in [-0.05, 0) is 18.2 Å². The van der Waals surface area contributed by atoms with E-state index in [1.165, 1.54) is 10.9 Å². The van der Waals surface area contributed by atoms with Crippen molar-refractivity contribution in [3.8, 4) is 0 Å². The molecule has 112 valence electrons. The molecule has 21 heavy (non-hydrogen) atoms. The van der Waals surface area contributed by atoms with Gasteiger partial charge in [0.15, 0.2) is 0 Å². The Labute approximate surface area is 116 Å². The van der Waals surface area contributed by atoms with E-state index >= 15 is 0 Å². The molecule has 0 saturated heterocycles. The Hall–Kier alpha value is -2.58. The molecule has 0 fully saturated rings. The van der Waals surface area contributed by atoms with E-state index in [0.29, 0.717) is 11.8 Å². The molecule has 0 saturated carbocycles. The zero-order valence-corrected chi connectivity index (χ0v) is 10.9. The van der Waals surface area contributed by atoms with Crippen molar-refractivity contribution in [3.63, 3.8) is 0 Å². The van der Waals surface area contributed by atoms with Gasteiger partial charge >= 0.3 is 6.18 Å². The lowest BCUT2D eigenvalue weighted by atomic mass is 10.2. The van der Waals surface area contributed by atoms with Gasteiger partial charge in [0, 0.05) is 13.2 Å². The van der Waals surface area contributed by atoms with Gasteiger partial charge in [-0.15, -0.1) is 0 Å². The van der Waals surface area contributed by atoms with Gasteiger partial charge in [0.2, 0.25) is 0 Å². The van der Waals surface area contributed by atoms with Crippen molar-refractivity contribution in [3.05, 3.63) is 51.7 Å². The first-order valence-corrected chi connectivity index (χ1v) is 5.84. The molecule has 0 atom stereocenters. The molecule has 0 aliphatic carbocycles. The Kier molecular flexibility index (Phi) is 3.83. The minimum atomic E-state index is -4.66. The first-order chi connectivity index (χ1) is 9.79. The molecule has 2 aromatic heterocycles. The number of amides is 1. The summed E-state index contributed by atoms with van der Waals surface area (Å²) in [6.45, 7) is 0.107. The molecule has 0 unspecified atom stereocenters. The number of carbonyl (C=O) groups is 1. The first-order valence-electron chi connectivity index (χ1n) is 5.84. The van der Waals surface area contributed by atoms with Gasteiger partial charge < -0.3 is 10.3 Å². The molecule has 6 nitrogen and oxygen atoms in total. The largest absolute Gasteiger partial charge is 0.431 e. The van der Waals surface area contributed by atoms with Crippen molar-refractivity contribution in [2.45, 2.75) is 12.7 Å². The summed E-state index contributed by atoms with van der Waals surface area (Å²) in [7, 11) is 1.67. The highest BCUT2D eigenvalue weighted by molar-refractivity contribution is 5.93. The molecule has 0 spiro atoms. The summed E-state index contributed by atoms with van der Waals surface area (Å²) in [6, 6.07) is 3.16. The second-order valence-corrected chi connectivity index (χ2v) is 4.24. The van der Waals surface area contributed by atoms with Crippen molar-refractivity contribution in [1.82, 2.24) is 20.1 Å². The van der Waals surface area contributed by atoms with E-state index in [0.717, 1.165) is 6.07 Å². The Morgan fingerprint density at radius 1 is 1.38 bits per heavy atom. The maximum absolute atomic E-state index is 12.4. The number of nitrogens with zero attached hydrogens (tertiary/aromatic N) is 2. The summed E-state index contributed by atoms with van der Waals surface area (Å²) in [4.78, 5) is 25.0. The number of alkyl halides is 3. The van der Waals surface area contributed by atoms with Gasteiger partial charge in [-0.3, -0.25) is 14.3 Å². The van der Waals surface area contributed by atoms with E-state index in [1.54, 1.807) is 18.1 Å². The number of H-pyrrole nitrogens is 1. The number of aryl methyl sites for hydroxylation is 1. The molecule has 0 aliphatic heterocycles. The van der Waals surface area contributed by atoms with Crippen molar-refractivity contribution in [2.75, 3.05) is 0 Å². The number of hydrogen-bond donors (Lipinski definition) is 2. The lowest BCUT2D eigenvalue weighted by Gasteiger charge is -2.08. The number of aromatic nitrogens is 3. The minimum absolute atomic E-state index is 0.107. The lowest BCUT2D eigenvalue weighted by Crippen LogP contribution is -2.30. The smallest absolute Gasteiger partial charge is 0.346 e. The SMILES string of the molecule is Cn1nccc1CNC(=O)c1ccc(C(F)(F)F)[nH]c1=O. The minimum Gasteiger partial charge on any atom is -0.346 e. The summed E-state index contributed by atoms with van der Waals surface area (Å²) < 4.78 is 38.7. The van der Waals surface area contributed by atoms with Gasteiger partial charge in [0.05, 0.1) is 12.2 Å². The van der Waals surface area contributed by atoms with Crippen LogP contribution in [0, 0.1) is 0 Å². The predicted molar refractivity (Wildman–Crippen MR) is 66.4 cm³/mol. The number of nitrogens with one attached hydrogen (secondary N) is 2. The Bertz CT molecular complexity index is 718. The lowest BCUT2D eigenvalue weighted by molar-refractivity contribution is -0.141. The molecular formula is C12H11F3N4O2. The first kappa shape index (κ1) is 14.8. The number of carbonyl (C=O) groups excluding carboxylic acids is 1. The summed E-state index contributed by atoms with van der Waals surface area (Å²) in [5.41, 5.74) is -1.99. The van der Waals surface area contributed by atoms with Crippen LogP contribution in [-0.2, 0) is 19.8 Å². The van der Waals surface area contributed by atoms with Crippen LogP contribution in [-0.4, -0.2) is 20.7 Å². The van der Waals surface area contributed by atoms with Gasteiger partial charge in [-0.2, -0.15) is 18.3 Å². The van der Waals surface area contributed by atoms with Crippen molar-refractivity contribution in [2.24, 2.45) is 7.05 Å². The van der Waals surface area contributed by atoms with Crippen molar-refractivity contribution in [1.29, 1.82) is 0 Å². The molecule has 2 rings (SSSR count). The quantitative estimate of drug-likeness (QED) is 0.889. The molecule has 9 heteroatoms. The number of rotatable bonds is 3. The zero-order valence-electron chi connectivity index (χ0n) is 10.9. The summed E-state index contributed by atoms with van der Waals surface area (Å²) >= 11 is 0. The van der Waals surface area contributed by atoms with Crippen LogP contribution in [0.4, 0.5) is 13.2 Å². The normalized spacial score (nSPS) is 11.4. The van der Waals surface area contributed by atoms with E-state index < -0.39 is 23.3 Å². The maximum Gasteiger partial charge on any atom is 0.431 e. The summed E-state index contributed by atoms with van der Waals surface area (Å²) in [5, 5.41) is 6.34. The van der Waals surface area contributed by atoms with E-state index in [1.807, 2.05) is 0 Å². The molecule has 0 aliphatic rings. The van der Waals surface area contributed by atoms with E-state index in [-0.39, 0.29) is 12.1 Å². The van der Waals surface area contributed by atoms with Crippen molar-refractivity contribution >= 4 is 5.91 Å². The molecule has 0 aromatic carbocycles. The molecule has 1 amide bonds. The third kappa shape index (κ3) is 3.30. The van der Waals surface area contributed by atoms with Gasteiger partial charge in [0.25, 0.3) is 11.5 Å². The van der Waals surface area contributed by atoms with Crippen LogP contribution in [0.3, 0.4) is 0 Å². The third-order valence-electron chi connectivity index (χ3n) is 2.81. The number of hydrogen-bond acceptors (Lipinski definition) is 3. The molecule has 2 aromatic rings. The molecular weight excluding hydrogens is 289 g/mol. The van der Waals surface area contributed by atoms with Crippen LogP contribution >= 0.6 is 0 Å². The third-order valence-corrected chi connectivity index (χ3v) is 2.81. The second-order valence-electron chi connectivity index (χ2n) is 4.24. The average molecular weight is 300 g/mol. The fourth-order valence-electron chi connectivity index (χ4n) is 1.66.